The molecule has 0 saturated carbocycles. The van der Waals surface area contributed by atoms with Crippen LogP contribution < -0.4 is 10.2 Å². The van der Waals surface area contributed by atoms with Gasteiger partial charge in [0.25, 0.3) is 7.82 Å². The molecule has 0 aliphatic heterocycles. The lowest BCUT2D eigenvalue weighted by Crippen LogP contribution is -2.45. The summed E-state index contributed by atoms with van der Waals surface area (Å²) in [6, 6.07) is -0.873. The number of quaternary nitrogens is 1. The van der Waals surface area contributed by atoms with Gasteiger partial charge in [-0.15, -0.1) is 0 Å². The van der Waals surface area contributed by atoms with E-state index in [2.05, 4.69) is 19.2 Å². The molecule has 0 aromatic rings. The summed E-state index contributed by atoms with van der Waals surface area (Å²) in [5.74, 6) is -0.209. The van der Waals surface area contributed by atoms with E-state index in [-0.39, 0.29) is 19.1 Å². The minimum absolute atomic E-state index is 0.000457. The summed E-state index contributed by atoms with van der Waals surface area (Å²) in [4.78, 5) is 24.8. The minimum atomic E-state index is -4.55. The van der Waals surface area contributed by atoms with E-state index >= 15 is 0 Å². The smallest absolute Gasteiger partial charge is 0.268 e. The predicted octanol–water partition coefficient (Wildman–Crippen LogP) is 5.88. The molecule has 8 nitrogen and oxygen atoms in total. The molecule has 0 aromatic carbocycles. The van der Waals surface area contributed by atoms with E-state index in [9.17, 15) is 19.4 Å². The lowest BCUT2D eigenvalue weighted by molar-refractivity contribution is -0.870. The number of carbonyl (C=O) groups is 1. The Kier molecular flexibility index (Phi) is 22.5. The number of phosphoric ester groups is 1. The second kappa shape index (κ2) is 23.0. The zero-order valence-corrected chi connectivity index (χ0v) is 26.0. The van der Waals surface area contributed by atoms with Gasteiger partial charge in [-0.1, -0.05) is 103 Å². The molecular formula is C29H59N2O6P. The quantitative estimate of drug-likeness (QED) is 0.0590. The molecule has 0 aliphatic rings. The SMILES string of the molecule is CCCCCCCC/C=C/C(O)C(COP(=O)([O-])OCC[N+](C)(C)C)NC(=O)CCCCCCCCCC. The third-order valence-corrected chi connectivity index (χ3v) is 7.46. The van der Waals surface area contributed by atoms with Crippen molar-refractivity contribution < 1.29 is 32.9 Å². The molecule has 226 valence electrons. The lowest BCUT2D eigenvalue weighted by Gasteiger charge is -2.29. The van der Waals surface area contributed by atoms with Crippen molar-refractivity contribution in [3.8, 4) is 0 Å². The number of hydrogen-bond donors (Lipinski definition) is 2. The summed E-state index contributed by atoms with van der Waals surface area (Å²) in [5, 5.41) is 13.5. The van der Waals surface area contributed by atoms with Crippen LogP contribution in [0, 0.1) is 0 Å². The third kappa shape index (κ3) is 24.3. The van der Waals surface area contributed by atoms with E-state index in [1.807, 2.05) is 27.2 Å². The Morgan fingerprint density at radius 2 is 1.42 bits per heavy atom. The summed E-state index contributed by atoms with van der Waals surface area (Å²) < 4.78 is 22.8. The van der Waals surface area contributed by atoms with E-state index in [1.54, 1.807) is 6.08 Å². The van der Waals surface area contributed by atoms with E-state index in [0.717, 1.165) is 38.5 Å². The Morgan fingerprint density at radius 1 is 0.895 bits per heavy atom. The van der Waals surface area contributed by atoms with E-state index in [4.69, 9.17) is 9.05 Å². The lowest BCUT2D eigenvalue weighted by atomic mass is 10.1. The van der Waals surface area contributed by atoms with Gasteiger partial charge >= 0.3 is 0 Å². The molecule has 3 atom stereocenters. The van der Waals surface area contributed by atoms with Crippen LogP contribution in [0.3, 0.4) is 0 Å². The summed E-state index contributed by atoms with van der Waals surface area (Å²) in [7, 11) is 1.25. The number of carbonyl (C=O) groups excluding carboxylic acids is 1. The van der Waals surface area contributed by atoms with Gasteiger partial charge in [0.05, 0.1) is 39.9 Å². The number of allylic oxidation sites excluding steroid dienone is 1. The number of rotatable bonds is 26. The average molecular weight is 563 g/mol. The first-order chi connectivity index (χ1) is 18.0. The molecule has 0 aromatic heterocycles. The molecule has 0 bridgehead atoms. The van der Waals surface area contributed by atoms with Crippen LogP contribution in [0.1, 0.15) is 117 Å². The molecule has 0 heterocycles. The monoisotopic (exact) mass is 562 g/mol. The number of hydrogen-bond acceptors (Lipinski definition) is 6. The topological polar surface area (TPSA) is 108 Å². The van der Waals surface area contributed by atoms with Crippen LogP contribution in [0.4, 0.5) is 0 Å². The molecule has 0 radical (unpaired) electrons. The van der Waals surface area contributed by atoms with Crippen LogP contribution in [0.5, 0.6) is 0 Å². The summed E-state index contributed by atoms with van der Waals surface area (Å²) in [5.41, 5.74) is 0. The van der Waals surface area contributed by atoms with Crippen molar-refractivity contribution in [1.29, 1.82) is 0 Å². The van der Waals surface area contributed by atoms with E-state index in [0.29, 0.717) is 17.4 Å². The van der Waals surface area contributed by atoms with Crippen LogP contribution in [0.15, 0.2) is 12.2 Å². The van der Waals surface area contributed by atoms with Crippen molar-refractivity contribution in [3.05, 3.63) is 12.2 Å². The Hall–Kier alpha value is -0.760. The Morgan fingerprint density at radius 3 is 1.97 bits per heavy atom. The number of nitrogens with zero attached hydrogens (tertiary/aromatic N) is 1. The highest BCUT2D eigenvalue weighted by atomic mass is 31.2. The minimum Gasteiger partial charge on any atom is -0.756 e. The predicted molar refractivity (Wildman–Crippen MR) is 155 cm³/mol. The van der Waals surface area contributed by atoms with Gasteiger partial charge in [-0.05, 0) is 19.3 Å². The number of phosphoric acid groups is 1. The molecule has 0 aliphatic carbocycles. The van der Waals surface area contributed by atoms with Gasteiger partial charge in [-0.25, -0.2) is 0 Å². The number of likely N-dealkylation sites (N-methyl/N-ethyl adjacent to an activating group) is 1. The summed E-state index contributed by atoms with van der Waals surface area (Å²) >= 11 is 0. The van der Waals surface area contributed by atoms with Crippen molar-refractivity contribution in [2.24, 2.45) is 0 Å². The maximum Gasteiger partial charge on any atom is 0.268 e. The maximum atomic E-state index is 12.6. The van der Waals surface area contributed by atoms with Gasteiger partial charge in [0.15, 0.2) is 0 Å². The van der Waals surface area contributed by atoms with Crippen molar-refractivity contribution in [2.45, 2.75) is 129 Å². The van der Waals surface area contributed by atoms with E-state index in [1.165, 1.54) is 57.8 Å². The Labute approximate surface area is 233 Å². The molecule has 0 fully saturated rings. The van der Waals surface area contributed by atoms with Gasteiger partial charge in [0, 0.05) is 6.42 Å². The van der Waals surface area contributed by atoms with Crippen molar-refractivity contribution in [2.75, 3.05) is 40.9 Å². The van der Waals surface area contributed by atoms with Crippen LogP contribution in [-0.4, -0.2) is 68.5 Å². The first-order valence-corrected chi connectivity index (χ1v) is 16.5. The zero-order chi connectivity index (χ0) is 28.7. The van der Waals surface area contributed by atoms with E-state index < -0.39 is 20.0 Å². The number of aliphatic hydroxyl groups excluding tert-OH is 1. The maximum absolute atomic E-state index is 12.6. The fraction of sp³-hybridized carbons (Fsp3) is 0.897. The molecule has 38 heavy (non-hydrogen) atoms. The normalized spacial score (nSPS) is 15.4. The fourth-order valence-corrected chi connectivity index (χ4v) is 4.69. The largest absolute Gasteiger partial charge is 0.756 e. The molecule has 0 spiro atoms. The number of nitrogens with one attached hydrogen (secondary N) is 1. The zero-order valence-electron chi connectivity index (χ0n) is 25.1. The average Bonchev–Trinajstić information content (AvgIpc) is 2.84. The molecule has 1 amide bonds. The third-order valence-electron chi connectivity index (χ3n) is 6.50. The first kappa shape index (κ1) is 37.2. The number of aliphatic hydroxyl groups is 1. The van der Waals surface area contributed by atoms with Crippen molar-refractivity contribution in [1.82, 2.24) is 5.32 Å². The standard InChI is InChI=1S/C29H59N2O6P/c1-6-8-10-12-14-16-18-20-22-28(32)27(26-37-38(34,35)36-25-24-31(3,4)5)30-29(33)23-21-19-17-15-13-11-9-7-2/h20,22,27-28,32H,6-19,21,23-26H2,1-5H3,(H-,30,33,34,35)/b22-20+. The van der Waals surface area contributed by atoms with Crippen LogP contribution in [-0.2, 0) is 18.4 Å². The number of amides is 1. The van der Waals surface area contributed by atoms with Crippen LogP contribution >= 0.6 is 7.82 Å². The van der Waals surface area contributed by atoms with Crippen molar-refractivity contribution in [3.63, 3.8) is 0 Å². The van der Waals surface area contributed by atoms with Gasteiger partial charge in [0.1, 0.15) is 13.2 Å². The number of unbranched alkanes of at least 4 members (excludes halogenated alkanes) is 13. The van der Waals surface area contributed by atoms with Gasteiger partial charge in [-0.3, -0.25) is 9.36 Å². The highest BCUT2D eigenvalue weighted by Gasteiger charge is 2.23. The molecule has 0 rings (SSSR count). The second-order valence-corrected chi connectivity index (χ2v) is 12.9. The van der Waals surface area contributed by atoms with Crippen molar-refractivity contribution >= 4 is 13.7 Å². The molecule has 3 unspecified atom stereocenters. The molecule has 2 N–H and O–H groups in total. The van der Waals surface area contributed by atoms with Gasteiger partial charge < -0.3 is 28.8 Å². The van der Waals surface area contributed by atoms with Crippen LogP contribution in [0.2, 0.25) is 0 Å². The molecule has 9 heteroatoms. The first-order valence-electron chi connectivity index (χ1n) is 15.1. The highest BCUT2D eigenvalue weighted by Crippen LogP contribution is 2.38. The molecular weight excluding hydrogens is 503 g/mol. The van der Waals surface area contributed by atoms with Gasteiger partial charge in [0.2, 0.25) is 5.91 Å². The highest BCUT2D eigenvalue weighted by molar-refractivity contribution is 7.45. The second-order valence-electron chi connectivity index (χ2n) is 11.5. The Balaban J connectivity index is 4.70. The fourth-order valence-electron chi connectivity index (χ4n) is 3.97. The Bertz CT molecular complexity index is 653. The van der Waals surface area contributed by atoms with Crippen LogP contribution in [0.25, 0.3) is 0 Å². The summed E-state index contributed by atoms with van der Waals surface area (Å²) in [6.45, 7) is 4.52. The van der Waals surface area contributed by atoms with Gasteiger partial charge in [-0.2, -0.15) is 0 Å². The molecule has 0 saturated heterocycles. The summed E-state index contributed by atoms with van der Waals surface area (Å²) in [6.07, 6.45) is 19.8.